The molecule has 0 unspecified atom stereocenters. The third-order valence-electron chi connectivity index (χ3n) is 4.01. The van der Waals surface area contributed by atoms with Gasteiger partial charge in [0.05, 0.1) is 19.4 Å². The van der Waals surface area contributed by atoms with Crippen molar-refractivity contribution in [2.75, 3.05) is 31.6 Å². The summed E-state index contributed by atoms with van der Waals surface area (Å²) in [5.74, 6) is 2.35. The van der Waals surface area contributed by atoms with Gasteiger partial charge < -0.3 is 20.1 Å². The number of aromatic nitrogens is 2. The number of hydrogen-bond acceptors (Lipinski definition) is 4. The second-order valence-corrected chi connectivity index (χ2v) is 6.22. The van der Waals surface area contributed by atoms with Crippen molar-refractivity contribution in [2.24, 2.45) is 12.0 Å². The Balaban J connectivity index is 0.00000261. The number of ether oxygens (including phenoxy) is 2. The summed E-state index contributed by atoms with van der Waals surface area (Å²) < 4.78 is 13.2. The molecule has 1 aromatic heterocycles. The molecule has 2 heterocycles. The summed E-state index contributed by atoms with van der Waals surface area (Å²) in [5.41, 5.74) is 2.17. The van der Waals surface area contributed by atoms with E-state index in [-0.39, 0.29) is 24.0 Å². The molecule has 0 radical (unpaired) electrons. The van der Waals surface area contributed by atoms with Crippen LogP contribution in [-0.4, -0.2) is 42.0 Å². The molecule has 0 spiro atoms. The topological polar surface area (TPSA) is 72.7 Å². The highest BCUT2D eigenvalue weighted by Crippen LogP contribution is 2.32. The minimum absolute atomic E-state index is 0. The molecule has 2 N–H and O–H groups in total. The number of rotatable bonds is 6. The van der Waals surface area contributed by atoms with Gasteiger partial charge in [0.1, 0.15) is 0 Å². The van der Waals surface area contributed by atoms with Crippen LogP contribution in [0.2, 0.25) is 0 Å². The predicted molar refractivity (Wildman–Crippen MR) is 119 cm³/mol. The third kappa shape index (κ3) is 6.60. The largest absolute Gasteiger partial charge is 0.490 e. The van der Waals surface area contributed by atoms with E-state index < -0.39 is 0 Å². The number of aryl methyl sites for hydroxylation is 2. The Morgan fingerprint density at radius 2 is 2.07 bits per heavy atom. The lowest BCUT2D eigenvalue weighted by Crippen LogP contribution is -2.30. The number of benzene rings is 1. The SMILES string of the molecule is CCNC(=NCCCc1cnn(C)c1)Nc1ccc2c(c1)OCCCO2.I. The Labute approximate surface area is 177 Å². The van der Waals surface area contributed by atoms with Crippen molar-refractivity contribution in [3.63, 3.8) is 0 Å². The summed E-state index contributed by atoms with van der Waals surface area (Å²) in [6, 6.07) is 5.88. The van der Waals surface area contributed by atoms with E-state index in [0.717, 1.165) is 55.5 Å². The van der Waals surface area contributed by atoms with E-state index in [9.17, 15) is 0 Å². The van der Waals surface area contributed by atoms with Crippen molar-refractivity contribution in [3.05, 3.63) is 36.2 Å². The number of nitrogens with zero attached hydrogens (tertiary/aromatic N) is 3. The molecule has 1 aliphatic heterocycles. The lowest BCUT2D eigenvalue weighted by atomic mass is 10.2. The molecule has 1 aromatic carbocycles. The van der Waals surface area contributed by atoms with Crippen LogP contribution in [0.25, 0.3) is 0 Å². The molecule has 3 rings (SSSR count). The van der Waals surface area contributed by atoms with Crippen LogP contribution in [-0.2, 0) is 13.5 Å². The number of anilines is 1. The zero-order valence-corrected chi connectivity index (χ0v) is 18.2. The lowest BCUT2D eigenvalue weighted by molar-refractivity contribution is 0.297. The first-order chi connectivity index (χ1) is 12.7. The highest BCUT2D eigenvalue weighted by atomic mass is 127. The van der Waals surface area contributed by atoms with Crippen molar-refractivity contribution in [3.8, 4) is 11.5 Å². The first kappa shape index (κ1) is 21.3. The van der Waals surface area contributed by atoms with Gasteiger partial charge in [0.2, 0.25) is 0 Å². The maximum Gasteiger partial charge on any atom is 0.195 e. The molecule has 7 nitrogen and oxygen atoms in total. The predicted octanol–water partition coefficient (Wildman–Crippen LogP) is 3.21. The van der Waals surface area contributed by atoms with E-state index in [1.807, 2.05) is 42.3 Å². The van der Waals surface area contributed by atoms with Crippen LogP contribution < -0.4 is 20.1 Å². The smallest absolute Gasteiger partial charge is 0.195 e. The second kappa shape index (κ2) is 11.0. The number of guanidine groups is 1. The fraction of sp³-hybridized carbons (Fsp3) is 0.474. The maximum atomic E-state index is 5.75. The first-order valence-electron chi connectivity index (χ1n) is 9.17. The Morgan fingerprint density at radius 3 is 2.81 bits per heavy atom. The van der Waals surface area contributed by atoms with Crippen molar-refractivity contribution >= 4 is 35.6 Å². The summed E-state index contributed by atoms with van der Waals surface area (Å²) in [5, 5.41) is 10.8. The monoisotopic (exact) mass is 485 g/mol. The molecule has 0 amide bonds. The van der Waals surface area contributed by atoms with E-state index in [1.54, 1.807) is 0 Å². The van der Waals surface area contributed by atoms with Crippen LogP contribution >= 0.6 is 24.0 Å². The molecule has 27 heavy (non-hydrogen) atoms. The van der Waals surface area contributed by atoms with Crippen LogP contribution in [0.15, 0.2) is 35.6 Å². The van der Waals surface area contributed by atoms with Crippen molar-refractivity contribution < 1.29 is 9.47 Å². The minimum Gasteiger partial charge on any atom is -0.490 e. The molecular weight excluding hydrogens is 457 g/mol. The molecule has 8 heteroatoms. The van der Waals surface area contributed by atoms with Crippen molar-refractivity contribution in [1.29, 1.82) is 0 Å². The second-order valence-electron chi connectivity index (χ2n) is 6.22. The first-order valence-corrected chi connectivity index (χ1v) is 9.17. The number of fused-ring (bicyclic) bond motifs is 1. The van der Waals surface area contributed by atoms with Crippen molar-refractivity contribution in [2.45, 2.75) is 26.2 Å². The number of aliphatic imine (C=N–C) groups is 1. The molecule has 0 atom stereocenters. The summed E-state index contributed by atoms with van der Waals surface area (Å²) in [6.07, 6.45) is 6.80. The molecule has 148 valence electrons. The van der Waals surface area contributed by atoms with E-state index in [2.05, 4.69) is 27.6 Å². The molecule has 0 saturated heterocycles. The van der Waals surface area contributed by atoms with Gasteiger partial charge in [-0.2, -0.15) is 5.10 Å². The van der Waals surface area contributed by atoms with E-state index in [1.165, 1.54) is 5.56 Å². The third-order valence-corrected chi connectivity index (χ3v) is 4.01. The van der Waals surface area contributed by atoms with Crippen LogP contribution in [0.1, 0.15) is 25.3 Å². The molecule has 1 aliphatic rings. The molecular formula is C19H28IN5O2. The van der Waals surface area contributed by atoms with Crippen LogP contribution in [0, 0.1) is 0 Å². The Kier molecular flexibility index (Phi) is 8.70. The fourth-order valence-corrected chi connectivity index (χ4v) is 2.76. The Hall–Kier alpha value is -1.97. The summed E-state index contributed by atoms with van der Waals surface area (Å²) in [7, 11) is 1.93. The van der Waals surface area contributed by atoms with E-state index >= 15 is 0 Å². The average Bonchev–Trinajstić information content (AvgIpc) is 2.90. The van der Waals surface area contributed by atoms with E-state index in [0.29, 0.717) is 13.2 Å². The van der Waals surface area contributed by atoms with Gasteiger partial charge in [0.25, 0.3) is 0 Å². The highest BCUT2D eigenvalue weighted by molar-refractivity contribution is 14.0. The van der Waals surface area contributed by atoms with Gasteiger partial charge in [-0.15, -0.1) is 24.0 Å². The lowest BCUT2D eigenvalue weighted by Gasteiger charge is -2.13. The number of hydrogen-bond donors (Lipinski definition) is 2. The number of halogens is 1. The van der Waals surface area contributed by atoms with Gasteiger partial charge in [-0.1, -0.05) is 0 Å². The van der Waals surface area contributed by atoms with Crippen LogP contribution in [0.3, 0.4) is 0 Å². The zero-order valence-electron chi connectivity index (χ0n) is 15.9. The normalized spacial score (nSPS) is 13.5. The van der Waals surface area contributed by atoms with Gasteiger partial charge in [-0.05, 0) is 37.5 Å². The van der Waals surface area contributed by atoms with Crippen LogP contribution in [0.5, 0.6) is 11.5 Å². The van der Waals surface area contributed by atoms with Crippen molar-refractivity contribution in [1.82, 2.24) is 15.1 Å². The maximum absolute atomic E-state index is 5.75. The average molecular weight is 485 g/mol. The van der Waals surface area contributed by atoms with Gasteiger partial charge in [0, 0.05) is 44.5 Å². The summed E-state index contributed by atoms with van der Waals surface area (Å²) in [4.78, 5) is 4.66. The Morgan fingerprint density at radius 1 is 1.26 bits per heavy atom. The zero-order chi connectivity index (χ0) is 18.2. The summed E-state index contributed by atoms with van der Waals surface area (Å²) >= 11 is 0. The van der Waals surface area contributed by atoms with Gasteiger partial charge in [-0.3, -0.25) is 9.67 Å². The molecule has 0 fully saturated rings. The van der Waals surface area contributed by atoms with E-state index in [4.69, 9.17) is 9.47 Å². The van der Waals surface area contributed by atoms with Gasteiger partial charge in [0.15, 0.2) is 17.5 Å². The number of nitrogens with one attached hydrogen (secondary N) is 2. The molecule has 0 aliphatic carbocycles. The standard InChI is InChI=1S/C19H27N5O2.HI/c1-3-20-19(21-9-4-6-15-13-22-24(2)14-15)23-16-7-8-17-18(12-16)26-11-5-10-25-17;/h7-8,12-14H,3-6,9-11H2,1-2H3,(H2,20,21,23);1H. The minimum atomic E-state index is 0. The summed E-state index contributed by atoms with van der Waals surface area (Å²) in [6.45, 7) is 4.98. The molecule has 2 aromatic rings. The molecule has 0 bridgehead atoms. The van der Waals surface area contributed by atoms with Gasteiger partial charge in [-0.25, -0.2) is 0 Å². The molecule has 0 saturated carbocycles. The van der Waals surface area contributed by atoms with Crippen LogP contribution in [0.4, 0.5) is 5.69 Å². The Bertz CT molecular complexity index is 747. The van der Waals surface area contributed by atoms with Gasteiger partial charge >= 0.3 is 0 Å². The quantitative estimate of drug-likeness (QED) is 0.285. The fourth-order valence-electron chi connectivity index (χ4n) is 2.76. The highest BCUT2D eigenvalue weighted by Gasteiger charge is 2.11.